The Balaban J connectivity index is 1.80. The summed E-state index contributed by atoms with van der Waals surface area (Å²) in [6, 6.07) is 6.02. The van der Waals surface area contributed by atoms with Gasteiger partial charge in [-0.3, -0.25) is 14.9 Å². The number of amides is 4. The molecule has 2 rings (SSSR count). The van der Waals surface area contributed by atoms with Gasteiger partial charge in [0.05, 0.1) is 5.92 Å². The van der Waals surface area contributed by atoms with Gasteiger partial charge in [0.1, 0.15) is 5.82 Å². The monoisotopic (exact) mass is 349 g/mol. The van der Waals surface area contributed by atoms with Gasteiger partial charge in [0, 0.05) is 26.6 Å². The number of likely N-dealkylation sites (tertiary alicyclic amines) is 1. The van der Waals surface area contributed by atoms with Crippen molar-refractivity contribution >= 4 is 17.8 Å². The first kappa shape index (κ1) is 18.9. The summed E-state index contributed by atoms with van der Waals surface area (Å²) >= 11 is 0. The zero-order chi connectivity index (χ0) is 18.4. The van der Waals surface area contributed by atoms with Gasteiger partial charge in [-0.05, 0) is 36.5 Å². The van der Waals surface area contributed by atoms with Crippen LogP contribution in [0.25, 0.3) is 0 Å². The van der Waals surface area contributed by atoms with E-state index < -0.39 is 11.9 Å². The molecule has 6 nitrogen and oxygen atoms in total. The number of rotatable bonds is 4. The molecular weight excluding hydrogens is 325 g/mol. The normalized spacial score (nSPS) is 16.2. The minimum absolute atomic E-state index is 0.0270. The Morgan fingerprint density at radius 3 is 2.56 bits per heavy atom. The van der Waals surface area contributed by atoms with E-state index >= 15 is 0 Å². The molecule has 1 unspecified atom stereocenters. The highest BCUT2D eigenvalue weighted by molar-refractivity contribution is 5.93. The van der Waals surface area contributed by atoms with Crippen molar-refractivity contribution in [2.45, 2.75) is 32.6 Å². The molecule has 1 aliphatic heterocycles. The van der Waals surface area contributed by atoms with Gasteiger partial charge in [-0.15, -0.1) is 0 Å². The second kappa shape index (κ2) is 8.60. The highest BCUT2D eigenvalue weighted by Crippen LogP contribution is 2.28. The fraction of sp³-hybridized carbons (Fsp3) is 0.500. The maximum absolute atomic E-state index is 13.3. The Kier molecular flexibility index (Phi) is 6.50. The Morgan fingerprint density at radius 1 is 1.28 bits per heavy atom. The van der Waals surface area contributed by atoms with Gasteiger partial charge in [0.2, 0.25) is 11.8 Å². The van der Waals surface area contributed by atoms with Crippen molar-refractivity contribution in [1.82, 2.24) is 15.5 Å². The number of imide groups is 1. The Hall–Kier alpha value is -2.44. The van der Waals surface area contributed by atoms with Crippen LogP contribution in [0.2, 0.25) is 0 Å². The van der Waals surface area contributed by atoms with E-state index in [1.54, 1.807) is 24.0 Å². The zero-order valence-corrected chi connectivity index (χ0v) is 14.5. The van der Waals surface area contributed by atoms with Crippen LogP contribution in [-0.4, -0.2) is 42.4 Å². The number of carbonyl (C=O) groups excluding carboxylic acids is 3. The van der Waals surface area contributed by atoms with Gasteiger partial charge in [0.25, 0.3) is 0 Å². The van der Waals surface area contributed by atoms with E-state index in [0.717, 1.165) is 18.4 Å². The topological polar surface area (TPSA) is 78.5 Å². The summed E-state index contributed by atoms with van der Waals surface area (Å²) in [6.07, 6.45) is 1.58. The molecule has 136 valence electrons. The van der Waals surface area contributed by atoms with Gasteiger partial charge < -0.3 is 10.2 Å². The van der Waals surface area contributed by atoms with Crippen LogP contribution in [0.15, 0.2) is 24.3 Å². The fourth-order valence-corrected chi connectivity index (χ4v) is 3.04. The lowest BCUT2D eigenvalue weighted by molar-refractivity contribution is -0.135. The SMILES string of the molecule is CC(=O)NC(=O)NCC(C)C(=O)N1CCC(c2cccc(F)c2)CC1. The number of piperidine rings is 1. The van der Waals surface area contributed by atoms with Crippen molar-refractivity contribution in [1.29, 1.82) is 0 Å². The summed E-state index contributed by atoms with van der Waals surface area (Å²) in [5, 5.41) is 4.62. The van der Waals surface area contributed by atoms with Crippen molar-refractivity contribution in [3.63, 3.8) is 0 Å². The molecule has 0 aromatic heterocycles. The van der Waals surface area contributed by atoms with Crippen LogP contribution < -0.4 is 10.6 Å². The molecular formula is C18H24FN3O3. The molecule has 1 heterocycles. The highest BCUT2D eigenvalue weighted by atomic mass is 19.1. The van der Waals surface area contributed by atoms with Crippen molar-refractivity contribution in [2.24, 2.45) is 5.92 Å². The molecule has 4 amide bonds. The number of nitrogens with one attached hydrogen (secondary N) is 2. The molecule has 1 saturated heterocycles. The lowest BCUT2D eigenvalue weighted by Crippen LogP contribution is -2.46. The molecule has 7 heteroatoms. The van der Waals surface area contributed by atoms with Crippen molar-refractivity contribution in [2.75, 3.05) is 19.6 Å². The van der Waals surface area contributed by atoms with E-state index in [0.29, 0.717) is 13.1 Å². The zero-order valence-electron chi connectivity index (χ0n) is 14.5. The van der Waals surface area contributed by atoms with E-state index in [9.17, 15) is 18.8 Å². The maximum atomic E-state index is 13.3. The lowest BCUT2D eigenvalue weighted by atomic mass is 9.89. The first-order chi connectivity index (χ1) is 11.9. The van der Waals surface area contributed by atoms with Gasteiger partial charge in [0.15, 0.2) is 0 Å². The van der Waals surface area contributed by atoms with Crippen LogP contribution in [0, 0.1) is 11.7 Å². The van der Waals surface area contributed by atoms with Crippen LogP contribution in [0.4, 0.5) is 9.18 Å². The molecule has 0 aliphatic carbocycles. The second-order valence-corrected chi connectivity index (χ2v) is 6.45. The molecule has 0 spiro atoms. The van der Waals surface area contributed by atoms with Crippen molar-refractivity contribution in [3.05, 3.63) is 35.6 Å². The van der Waals surface area contributed by atoms with Crippen LogP contribution in [0.5, 0.6) is 0 Å². The molecule has 0 bridgehead atoms. The molecule has 0 radical (unpaired) electrons. The number of hydrogen-bond donors (Lipinski definition) is 2. The minimum atomic E-state index is -0.600. The van der Waals surface area contributed by atoms with E-state index in [1.165, 1.54) is 13.0 Å². The Labute approximate surface area is 146 Å². The van der Waals surface area contributed by atoms with Crippen LogP contribution in [-0.2, 0) is 9.59 Å². The second-order valence-electron chi connectivity index (χ2n) is 6.45. The highest BCUT2D eigenvalue weighted by Gasteiger charge is 2.27. The average molecular weight is 349 g/mol. The number of carbonyl (C=O) groups is 3. The molecule has 0 saturated carbocycles. The average Bonchev–Trinajstić information content (AvgIpc) is 2.58. The summed E-state index contributed by atoms with van der Waals surface area (Å²) in [6.45, 7) is 4.39. The summed E-state index contributed by atoms with van der Waals surface area (Å²) < 4.78 is 13.3. The van der Waals surface area contributed by atoms with E-state index in [1.807, 2.05) is 6.07 Å². The lowest BCUT2D eigenvalue weighted by Gasteiger charge is -2.34. The van der Waals surface area contributed by atoms with E-state index in [-0.39, 0.29) is 30.1 Å². The molecule has 1 aromatic carbocycles. The van der Waals surface area contributed by atoms with Crippen LogP contribution in [0.1, 0.15) is 38.2 Å². The number of halogens is 1. The smallest absolute Gasteiger partial charge is 0.321 e. The number of nitrogens with zero attached hydrogens (tertiary/aromatic N) is 1. The third-order valence-corrected chi connectivity index (χ3v) is 4.41. The summed E-state index contributed by atoms with van der Waals surface area (Å²) in [5.41, 5.74) is 0.975. The molecule has 1 atom stereocenters. The maximum Gasteiger partial charge on any atom is 0.321 e. The predicted molar refractivity (Wildman–Crippen MR) is 91.3 cm³/mol. The third kappa shape index (κ3) is 5.55. The van der Waals surface area contributed by atoms with Gasteiger partial charge in [-0.1, -0.05) is 19.1 Å². The Morgan fingerprint density at radius 2 is 1.96 bits per heavy atom. The Bertz CT molecular complexity index is 642. The van der Waals surface area contributed by atoms with Crippen molar-refractivity contribution < 1.29 is 18.8 Å². The van der Waals surface area contributed by atoms with Gasteiger partial charge in [-0.25, -0.2) is 9.18 Å². The summed E-state index contributed by atoms with van der Waals surface area (Å²) in [4.78, 5) is 36.4. The molecule has 1 aliphatic rings. The summed E-state index contributed by atoms with van der Waals surface area (Å²) in [5.74, 6) is -0.825. The van der Waals surface area contributed by atoms with Gasteiger partial charge in [-0.2, -0.15) is 0 Å². The number of benzene rings is 1. The molecule has 25 heavy (non-hydrogen) atoms. The van der Waals surface area contributed by atoms with Crippen LogP contribution in [0.3, 0.4) is 0 Å². The fourth-order valence-electron chi connectivity index (χ4n) is 3.04. The molecule has 2 N–H and O–H groups in total. The quantitative estimate of drug-likeness (QED) is 0.873. The van der Waals surface area contributed by atoms with E-state index in [4.69, 9.17) is 0 Å². The largest absolute Gasteiger partial charge is 0.342 e. The molecule has 1 fully saturated rings. The van der Waals surface area contributed by atoms with Crippen LogP contribution >= 0.6 is 0 Å². The minimum Gasteiger partial charge on any atom is -0.342 e. The van der Waals surface area contributed by atoms with Gasteiger partial charge >= 0.3 is 6.03 Å². The number of urea groups is 1. The third-order valence-electron chi connectivity index (χ3n) is 4.41. The summed E-state index contributed by atoms with van der Waals surface area (Å²) in [7, 11) is 0. The first-order valence-electron chi connectivity index (χ1n) is 8.46. The standard InChI is InChI=1S/C18H24FN3O3/c1-12(11-20-18(25)21-13(2)23)17(24)22-8-6-14(7-9-22)15-4-3-5-16(19)10-15/h3-5,10,12,14H,6-9,11H2,1-2H3,(H2,20,21,23,25). The number of hydrogen-bond acceptors (Lipinski definition) is 3. The first-order valence-corrected chi connectivity index (χ1v) is 8.46. The predicted octanol–water partition coefficient (Wildman–Crippen LogP) is 2.01. The molecule has 1 aromatic rings. The van der Waals surface area contributed by atoms with E-state index in [2.05, 4.69) is 10.6 Å². The van der Waals surface area contributed by atoms with Crippen molar-refractivity contribution in [3.8, 4) is 0 Å².